The summed E-state index contributed by atoms with van der Waals surface area (Å²) in [5, 5.41) is 6.12. The summed E-state index contributed by atoms with van der Waals surface area (Å²) in [6, 6.07) is 12.2. The number of hydrogen-bond donors (Lipinski definition) is 0. The summed E-state index contributed by atoms with van der Waals surface area (Å²) >= 11 is 5.86. The Morgan fingerprint density at radius 3 is 2.48 bits per heavy atom. The summed E-state index contributed by atoms with van der Waals surface area (Å²) in [6.45, 7) is 1.50. The van der Waals surface area contributed by atoms with Crippen molar-refractivity contribution in [3.05, 3.63) is 53.1 Å². The first kappa shape index (κ1) is 18.8. The van der Waals surface area contributed by atoms with Crippen LogP contribution < -0.4 is 14.2 Å². The number of methoxy groups -OCH3 is 2. The van der Waals surface area contributed by atoms with Crippen molar-refractivity contribution in [2.45, 2.75) is 13.2 Å². The van der Waals surface area contributed by atoms with Crippen molar-refractivity contribution < 1.29 is 23.7 Å². The van der Waals surface area contributed by atoms with Gasteiger partial charge in [-0.1, -0.05) is 11.6 Å². The number of ether oxygens (including phenoxy) is 4. The molecule has 1 heterocycles. The van der Waals surface area contributed by atoms with Crippen molar-refractivity contribution in [1.82, 2.24) is 5.01 Å². The van der Waals surface area contributed by atoms with Gasteiger partial charge in [0.15, 0.2) is 18.1 Å². The van der Waals surface area contributed by atoms with Crippen LogP contribution in [0.3, 0.4) is 0 Å². The maximum Gasteiger partial charge on any atom is 0.247 e. The molecule has 0 N–H and O–H groups in total. The summed E-state index contributed by atoms with van der Waals surface area (Å²) in [4.78, 5) is 12.0. The van der Waals surface area contributed by atoms with Gasteiger partial charge in [-0.2, -0.15) is 5.01 Å². The maximum absolute atomic E-state index is 12.0. The minimum Gasteiger partial charge on any atom is -0.493 e. The highest BCUT2D eigenvalue weighted by atomic mass is 35.5. The third-order valence-electron chi connectivity index (χ3n) is 3.88. The Morgan fingerprint density at radius 2 is 1.85 bits per heavy atom. The molecular weight excluding hydrogens is 372 g/mol. The molecule has 142 valence electrons. The van der Waals surface area contributed by atoms with Crippen molar-refractivity contribution in [1.29, 1.82) is 0 Å². The van der Waals surface area contributed by atoms with Gasteiger partial charge in [-0.05, 0) is 42.5 Å². The van der Waals surface area contributed by atoms with Gasteiger partial charge in [0.25, 0.3) is 0 Å². The van der Waals surface area contributed by atoms with Gasteiger partial charge in [-0.15, -0.1) is 5.10 Å². The molecule has 0 unspecified atom stereocenters. The fourth-order valence-corrected chi connectivity index (χ4v) is 2.69. The predicted molar refractivity (Wildman–Crippen MR) is 100 cm³/mol. The van der Waals surface area contributed by atoms with Gasteiger partial charge in [0.1, 0.15) is 5.75 Å². The van der Waals surface area contributed by atoms with Gasteiger partial charge in [0.2, 0.25) is 18.0 Å². The average molecular weight is 391 g/mol. The first-order valence-electron chi connectivity index (χ1n) is 8.16. The number of nitrogens with zero attached hydrogens (tertiary/aromatic N) is 2. The molecule has 27 heavy (non-hydrogen) atoms. The molecule has 0 bridgehead atoms. The summed E-state index contributed by atoms with van der Waals surface area (Å²) in [5.41, 5.74) is 0.702. The zero-order valence-electron chi connectivity index (χ0n) is 15.1. The molecule has 2 aromatic rings. The molecule has 0 aliphatic carbocycles. The van der Waals surface area contributed by atoms with Crippen LogP contribution in [0.5, 0.6) is 17.2 Å². The van der Waals surface area contributed by atoms with Gasteiger partial charge in [-0.3, -0.25) is 4.79 Å². The van der Waals surface area contributed by atoms with E-state index in [1.165, 1.54) is 11.9 Å². The lowest BCUT2D eigenvalue weighted by Crippen LogP contribution is -2.25. The molecule has 2 aromatic carbocycles. The Bertz CT molecular complexity index is 854. The van der Waals surface area contributed by atoms with Gasteiger partial charge in [0.05, 0.1) is 14.2 Å². The molecule has 8 heteroatoms. The van der Waals surface area contributed by atoms with E-state index in [0.717, 1.165) is 0 Å². The molecule has 1 aliphatic heterocycles. The molecule has 7 nitrogen and oxygen atoms in total. The van der Waals surface area contributed by atoms with Gasteiger partial charge >= 0.3 is 0 Å². The monoisotopic (exact) mass is 390 g/mol. The first-order valence-corrected chi connectivity index (χ1v) is 8.54. The summed E-state index contributed by atoms with van der Waals surface area (Å²) < 4.78 is 22.0. The second kappa shape index (κ2) is 8.18. The van der Waals surface area contributed by atoms with Crippen LogP contribution in [0, 0.1) is 0 Å². The molecule has 1 aliphatic rings. The number of carbonyl (C=O) groups is 1. The second-order valence-corrected chi connectivity index (χ2v) is 6.12. The molecule has 1 atom stereocenters. The van der Waals surface area contributed by atoms with E-state index in [2.05, 4.69) is 5.10 Å². The van der Waals surface area contributed by atoms with Crippen LogP contribution in [-0.4, -0.2) is 37.6 Å². The lowest BCUT2D eigenvalue weighted by molar-refractivity contribution is -0.135. The normalized spacial score (nSPS) is 15.8. The maximum atomic E-state index is 12.0. The molecule has 0 saturated heterocycles. The highest BCUT2D eigenvalue weighted by molar-refractivity contribution is 6.30. The Balaban J connectivity index is 1.75. The van der Waals surface area contributed by atoms with Gasteiger partial charge < -0.3 is 18.9 Å². The van der Waals surface area contributed by atoms with Crippen molar-refractivity contribution >= 4 is 23.4 Å². The van der Waals surface area contributed by atoms with Crippen molar-refractivity contribution in [3.63, 3.8) is 0 Å². The SMILES string of the molecule is COc1ccc([C@@H]2OC(COc3ccc(Cl)cc3)=NN2C(C)=O)cc1OC. The van der Waals surface area contributed by atoms with Crippen LogP contribution in [0.25, 0.3) is 0 Å². The van der Waals surface area contributed by atoms with E-state index >= 15 is 0 Å². The third-order valence-corrected chi connectivity index (χ3v) is 4.13. The minimum atomic E-state index is -0.703. The van der Waals surface area contributed by atoms with Crippen LogP contribution in [-0.2, 0) is 9.53 Å². The number of halogens is 1. The topological polar surface area (TPSA) is 69.6 Å². The van der Waals surface area contributed by atoms with E-state index in [1.54, 1.807) is 56.7 Å². The third kappa shape index (κ3) is 4.25. The fraction of sp³-hybridized carbons (Fsp3) is 0.263. The van der Waals surface area contributed by atoms with E-state index < -0.39 is 6.23 Å². The van der Waals surface area contributed by atoms with Crippen LogP contribution in [0.1, 0.15) is 18.7 Å². The van der Waals surface area contributed by atoms with Crippen LogP contribution >= 0.6 is 11.6 Å². The molecule has 1 amide bonds. The Labute approximate surface area is 162 Å². The molecule has 0 aromatic heterocycles. The highest BCUT2D eigenvalue weighted by Crippen LogP contribution is 2.35. The standard InChI is InChI=1S/C19H19ClN2O5/c1-12(23)22-19(13-4-9-16(24-2)17(10-13)25-3)27-18(21-22)11-26-15-7-5-14(20)6-8-15/h4-10,19H,11H2,1-3H3/t19-/m0/s1. The quantitative estimate of drug-likeness (QED) is 0.753. The van der Waals surface area contributed by atoms with E-state index in [-0.39, 0.29) is 12.5 Å². The lowest BCUT2D eigenvalue weighted by atomic mass is 10.1. The summed E-state index contributed by atoms with van der Waals surface area (Å²) in [5.74, 6) is 1.78. The average Bonchev–Trinajstić information content (AvgIpc) is 3.11. The largest absolute Gasteiger partial charge is 0.493 e. The first-order chi connectivity index (χ1) is 13.0. The lowest BCUT2D eigenvalue weighted by Gasteiger charge is -2.20. The van der Waals surface area contributed by atoms with Gasteiger partial charge in [-0.25, -0.2) is 0 Å². The van der Waals surface area contributed by atoms with Crippen LogP contribution in [0.15, 0.2) is 47.6 Å². The Kier molecular flexibility index (Phi) is 5.71. The molecule has 0 spiro atoms. The van der Waals surface area contributed by atoms with Crippen molar-refractivity contribution in [2.24, 2.45) is 5.10 Å². The number of hydrazone groups is 1. The summed E-state index contributed by atoms with van der Waals surface area (Å²) in [7, 11) is 3.10. The molecular formula is C19H19ClN2O5. The predicted octanol–water partition coefficient (Wildman–Crippen LogP) is 3.63. The van der Waals surface area contributed by atoms with Crippen LogP contribution in [0.4, 0.5) is 0 Å². The van der Waals surface area contributed by atoms with Crippen molar-refractivity contribution in [2.75, 3.05) is 20.8 Å². The fourth-order valence-electron chi connectivity index (χ4n) is 2.56. The zero-order valence-corrected chi connectivity index (χ0v) is 15.9. The molecule has 3 rings (SSSR count). The number of amides is 1. The molecule has 0 fully saturated rings. The molecule has 0 saturated carbocycles. The Morgan fingerprint density at radius 1 is 1.15 bits per heavy atom. The number of hydrogen-bond acceptors (Lipinski definition) is 6. The van der Waals surface area contributed by atoms with E-state index in [0.29, 0.717) is 33.7 Å². The van der Waals surface area contributed by atoms with Gasteiger partial charge in [0, 0.05) is 17.5 Å². The second-order valence-electron chi connectivity index (χ2n) is 5.68. The summed E-state index contributed by atoms with van der Waals surface area (Å²) in [6.07, 6.45) is -0.703. The smallest absolute Gasteiger partial charge is 0.247 e. The van der Waals surface area contributed by atoms with Crippen LogP contribution in [0.2, 0.25) is 5.02 Å². The number of carbonyl (C=O) groups excluding carboxylic acids is 1. The number of rotatable bonds is 6. The molecule has 0 radical (unpaired) electrons. The minimum absolute atomic E-state index is 0.0786. The zero-order chi connectivity index (χ0) is 19.4. The van der Waals surface area contributed by atoms with E-state index in [4.69, 9.17) is 30.5 Å². The highest BCUT2D eigenvalue weighted by Gasteiger charge is 2.33. The van der Waals surface area contributed by atoms with E-state index in [1.807, 2.05) is 0 Å². The van der Waals surface area contributed by atoms with E-state index in [9.17, 15) is 4.79 Å². The van der Waals surface area contributed by atoms with Crippen molar-refractivity contribution in [3.8, 4) is 17.2 Å². The Hall–Kier alpha value is -2.93. The number of benzene rings is 2.